The number of aryl methyl sites for hydroxylation is 1. The molecule has 0 atom stereocenters. The lowest BCUT2D eigenvalue weighted by Crippen LogP contribution is -2.02. The number of rotatable bonds is 3. The third kappa shape index (κ3) is 2.33. The van der Waals surface area contributed by atoms with Gasteiger partial charge in [0.2, 0.25) is 0 Å². The molecule has 0 radical (unpaired) electrons. The minimum absolute atomic E-state index is 0.566. The van der Waals surface area contributed by atoms with E-state index in [1.807, 2.05) is 41.9 Å². The number of benzene rings is 1. The van der Waals surface area contributed by atoms with Crippen LogP contribution in [0.25, 0.3) is 5.69 Å². The first kappa shape index (κ1) is 11.4. The maximum Gasteiger partial charge on any atom is 0.0885 e. The second-order valence-corrected chi connectivity index (χ2v) is 4.51. The number of methoxy groups -OCH3 is 1. The highest BCUT2D eigenvalue weighted by atomic mass is 79.9. The van der Waals surface area contributed by atoms with E-state index in [9.17, 15) is 0 Å². The summed E-state index contributed by atoms with van der Waals surface area (Å²) in [5.41, 5.74) is 3.10. The minimum Gasteiger partial charge on any atom is -0.378 e. The molecule has 0 fully saturated rings. The van der Waals surface area contributed by atoms with Crippen molar-refractivity contribution >= 4 is 15.9 Å². The van der Waals surface area contributed by atoms with E-state index in [1.54, 1.807) is 7.11 Å². The highest BCUT2D eigenvalue weighted by Crippen LogP contribution is 2.16. The van der Waals surface area contributed by atoms with Gasteiger partial charge in [-0.25, -0.2) is 4.68 Å². The maximum absolute atomic E-state index is 5.16. The van der Waals surface area contributed by atoms with Crippen LogP contribution in [0, 0.1) is 6.92 Å². The fourth-order valence-corrected chi connectivity index (χ4v) is 1.87. The van der Waals surface area contributed by atoms with Crippen molar-refractivity contribution in [3.8, 4) is 5.69 Å². The Balaban J connectivity index is 2.42. The molecule has 0 aliphatic rings. The molecule has 16 heavy (non-hydrogen) atoms. The fraction of sp³-hybridized carbons (Fsp3) is 0.250. The van der Waals surface area contributed by atoms with E-state index in [0.29, 0.717) is 6.61 Å². The van der Waals surface area contributed by atoms with Crippen molar-refractivity contribution < 1.29 is 4.74 Å². The lowest BCUT2D eigenvalue weighted by Gasteiger charge is -2.06. The second-order valence-electron chi connectivity index (χ2n) is 3.60. The van der Waals surface area contributed by atoms with Crippen molar-refractivity contribution in [2.24, 2.45) is 0 Å². The van der Waals surface area contributed by atoms with E-state index in [0.717, 1.165) is 21.5 Å². The molecule has 1 heterocycles. The third-order valence-corrected chi connectivity index (χ3v) is 2.80. The van der Waals surface area contributed by atoms with Crippen LogP contribution in [0.5, 0.6) is 0 Å². The van der Waals surface area contributed by atoms with Crippen molar-refractivity contribution in [3.05, 3.63) is 46.2 Å². The lowest BCUT2D eigenvalue weighted by atomic mass is 10.3. The summed E-state index contributed by atoms with van der Waals surface area (Å²) in [6.07, 6.45) is 0. The molecule has 0 spiro atoms. The SMILES string of the molecule is COCc1cc(C)nn1-c1ccc(Br)cc1. The van der Waals surface area contributed by atoms with Gasteiger partial charge in [-0.3, -0.25) is 0 Å². The van der Waals surface area contributed by atoms with Crippen LogP contribution in [0.15, 0.2) is 34.8 Å². The Morgan fingerprint density at radius 3 is 2.62 bits per heavy atom. The van der Waals surface area contributed by atoms with Gasteiger partial charge in [0.1, 0.15) is 0 Å². The highest BCUT2D eigenvalue weighted by molar-refractivity contribution is 9.10. The first-order valence-electron chi connectivity index (χ1n) is 5.01. The average molecular weight is 281 g/mol. The smallest absolute Gasteiger partial charge is 0.0885 e. The number of nitrogens with zero attached hydrogens (tertiary/aromatic N) is 2. The van der Waals surface area contributed by atoms with E-state index in [4.69, 9.17) is 4.74 Å². The van der Waals surface area contributed by atoms with Crippen molar-refractivity contribution in [1.29, 1.82) is 0 Å². The molecule has 0 N–H and O–H groups in total. The maximum atomic E-state index is 5.16. The van der Waals surface area contributed by atoms with Crippen LogP contribution in [-0.2, 0) is 11.3 Å². The Labute approximate surface area is 103 Å². The van der Waals surface area contributed by atoms with Crippen LogP contribution in [-0.4, -0.2) is 16.9 Å². The average Bonchev–Trinajstić information content (AvgIpc) is 2.61. The molecule has 1 aromatic heterocycles. The standard InChI is InChI=1S/C12H13BrN2O/c1-9-7-12(8-16-2)15(14-9)11-5-3-10(13)4-6-11/h3-7H,8H2,1-2H3. The van der Waals surface area contributed by atoms with Gasteiger partial charge in [-0.1, -0.05) is 15.9 Å². The Morgan fingerprint density at radius 2 is 2.00 bits per heavy atom. The van der Waals surface area contributed by atoms with Crippen molar-refractivity contribution in [3.63, 3.8) is 0 Å². The third-order valence-electron chi connectivity index (χ3n) is 2.27. The molecular formula is C12H13BrN2O. The van der Waals surface area contributed by atoms with Crippen molar-refractivity contribution in [2.75, 3.05) is 7.11 Å². The molecule has 0 amide bonds. The molecule has 3 nitrogen and oxygen atoms in total. The number of hydrogen-bond donors (Lipinski definition) is 0. The molecular weight excluding hydrogens is 268 g/mol. The summed E-state index contributed by atoms with van der Waals surface area (Å²) in [7, 11) is 1.69. The molecule has 1 aromatic carbocycles. The number of halogens is 1. The molecule has 4 heteroatoms. The Hall–Kier alpha value is -1.13. The summed E-state index contributed by atoms with van der Waals surface area (Å²) in [6.45, 7) is 2.55. The molecule has 0 saturated carbocycles. The number of ether oxygens (including phenoxy) is 1. The predicted octanol–water partition coefficient (Wildman–Crippen LogP) is 3.09. The van der Waals surface area contributed by atoms with E-state index in [-0.39, 0.29) is 0 Å². The molecule has 84 valence electrons. The van der Waals surface area contributed by atoms with E-state index >= 15 is 0 Å². The van der Waals surface area contributed by atoms with Crippen LogP contribution in [0.4, 0.5) is 0 Å². The summed E-state index contributed by atoms with van der Waals surface area (Å²) in [6, 6.07) is 10.1. The largest absolute Gasteiger partial charge is 0.378 e. The predicted molar refractivity (Wildman–Crippen MR) is 66.7 cm³/mol. The van der Waals surface area contributed by atoms with E-state index < -0.39 is 0 Å². The molecule has 2 rings (SSSR count). The Morgan fingerprint density at radius 1 is 1.31 bits per heavy atom. The minimum atomic E-state index is 0.566. The van der Waals surface area contributed by atoms with Gasteiger partial charge in [-0.2, -0.15) is 5.10 Å². The van der Waals surface area contributed by atoms with Crippen LogP contribution < -0.4 is 0 Å². The molecule has 0 aliphatic carbocycles. The van der Waals surface area contributed by atoms with Crippen LogP contribution in [0.3, 0.4) is 0 Å². The van der Waals surface area contributed by atoms with Crippen LogP contribution in [0.1, 0.15) is 11.4 Å². The zero-order valence-electron chi connectivity index (χ0n) is 9.27. The summed E-state index contributed by atoms with van der Waals surface area (Å²) < 4.78 is 8.13. The normalized spacial score (nSPS) is 10.7. The first-order valence-corrected chi connectivity index (χ1v) is 5.80. The van der Waals surface area contributed by atoms with Gasteiger partial charge in [-0.15, -0.1) is 0 Å². The fourth-order valence-electron chi connectivity index (χ4n) is 1.61. The van der Waals surface area contributed by atoms with E-state index in [1.165, 1.54) is 0 Å². The Kier molecular flexibility index (Phi) is 3.41. The lowest BCUT2D eigenvalue weighted by molar-refractivity contribution is 0.179. The molecule has 0 bridgehead atoms. The summed E-state index contributed by atoms with van der Waals surface area (Å²) in [4.78, 5) is 0. The quantitative estimate of drug-likeness (QED) is 0.864. The van der Waals surface area contributed by atoms with Gasteiger partial charge in [0.25, 0.3) is 0 Å². The zero-order chi connectivity index (χ0) is 11.5. The van der Waals surface area contributed by atoms with Gasteiger partial charge in [-0.05, 0) is 37.3 Å². The van der Waals surface area contributed by atoms with Crippen molar-refractivity contribution in [2.45, 2.75) is 13.5 Å². The highest BCUT2D eigenvalue weighted by Gasteiger charge is 2.06. The number of aromatic nitrogens is 2. The Bertz CT molecular complexity index is 476. The van der Waals surface area contributed by atoms with Crippen LogP contribution >= 0.6 is 15.9 Å². The monoisotopic (exact) mass is 280 g/mol. The molecule has 0 aliphatic heterocycles. The topological polar surface area (TPSA) is 27.1 Å². The van der Waals surface area contributed by atoms with Crippen LogP contribution in [0.2, 0.25) is 0 Å². The molecule has 2 aromatic rings. The van der Waals surface area contributed by atoms with Gasteiger partial charge in [0.15, 0.2) is 0 Å². The number of hydrogen-bond acceptors (Lipinski definition) is 2. The summed E-state index contributed by atoms with van der Waals surface area (Å²) in [5, 5.41) is 4.45. The summed E-state index contributed by atoms with van der Waals surface area (Å²) in [5.74, 6) is 0. The second kappa shape index (κ2) is 4.80. The van der Waals surface area contributed by atoms with Gasteiger partial charge in [0.05, 0.1) is 23.7 Å². The van der Waals surface area contributed by atoms with E-state index in [2.05, 4.69) is 21.0 Å². The molecule has 0 unspecified atom stereocenters. The van der Waals surface area contributed by atoms with Gasteiger partial charge in [0, 0.05) is 11.6 Å². The van der Waals surface area contributed by atoms with Gasteiger partial charge < -0.3 is 4.74 Å². The molecule has 0 saturated heterocycles. The van der Waals surface area contributed by atoms with Gasteiger partial charge >= 0.3 is 0 Å². The summed E-state index contributed by atoms with van der Waals surface area (Å²) >= 11 is 3.42. The first-order chi connectivity index (χ1) is 7.70. The zero-order valence-corrected chi connectivity index (χ0v) is 10.9. The van der Waals surface area contributed by atoms with Crippen molar-refractivity contribution in [1.82, 2.24) is 9.78 Å².